The number of ether oxygens (including phenoxy) is 1. The molecule has 6 nitrogen and oxygen atoms in total. The maximum absolute atomic E-state index is 12.9. The van der Waals surface area contributed by atoms with Gasteiger partial charge in [0.25, 0.3) is 11.8 Å². The van der Waals surface area contributed by atoms with E-state index >= 15 is 0 Å². The number of carbonyl (C=O) groups is 3. The van der Waals surface area contributed by atoms with Gasteiger partial charge in [-0.1, -0.05) is 41.1 Å². The summed E-state index contributed by atoms with van der Waals surface area (Å²) in [5, 5.41) is 2.21. The predicted octanol–water partition coefficient (Wildman–Crippen LogP) is 3.90. The fraction of sp³-hybridized carbons (Fsp3) is 0.150. The molecular formula is C20H17BrN2O4. The van der Waals surface area contributed by atoms with Gasteiger partial charge in [-0.15, -0.1) is 0 Å². The number of nitrogens with zero attached hydrogens (tertiary/aromatic N) is 1. The highest BCUT2D eigenvalue weighted by Crippen LogP contribution is 2.28. The van der Waals surface area contributed by atoms with E-state index in [1.54, 1.807) is 42.5 Å². The van der Waals surface area contributed by atoms with E-state index in [1.165, 1.54) is 6.08 Å². The van der Waals surface area contributed by atoms with Gasteiger partial charge in [0.2, 0.25) is 0 Å². The molecule has 7 heteroatoms. The third-order valence-corrected chi connectivity index (χ3v) is 4.34. The summed E-state index contributed by atoms with van der Waals surface area (Å²) in [5.74, 6) is -0.869. The number of para-hydroxylation sites is 1. The van der Waals surface area contributed by atoms with Crippen LogP contribution in [-0.4, -0.2) is 24.5 Å². The molecule has 0 atom stereocenters. The SMILES string of the molecule is CCCOc1ccc(Br)cc1/C=C1\C(=O)NC(=O)N(c2ccccc2)C1=O. The Morgan fingerprint density at radius 2 is 1.85 bits per heavy atom. The maximum Gasteiger partial charge on any atom is 0.335 e. The lowest BCUT2D eigenvalue weighted by Gasteiger charge is -2.26. The molecule has 0 spiro atoms. The fourth-order valence-corrected chi connectivity index (χ4v) is 2.98. The van der Waals surface area contributed by atoms with E-state index < -0.39 is 17.8 Å². The summed E-state index contributed by atoms with van der Waals surface area (Å²) in [5.41, 5.74) is 0.812. The standard InChI is InChI=1S/C20H17BrN2O4/c1-2-10-27-17-9-8-14(21)11-13(17)12-16-18(24)22-20(26)23(19(16)25)15-6-4-3-5-7-15/h3-9,11-12H,2,10H2,1H3,(H,22,24,26)/b16-12+. The number of barbiturate groups is 1. The lowest BCUT2D eigenvalue weighted by Crippen LogP contribution is -2.54. The Labute approximate surface area is 164 Å². The molecule has 0 saturated carbocycles. The number of urea groups is 1. The minimum atomic E-state index is -0.773. The summed E-state index contributed by atoms with van der Waals surface area (Å²) in [6.07, 6.45) is 2.26. The van der Waals surface area contributed by atoms with E-state index in [4.69, 9.17) is 4.74 Å². The van der Waals surface area contributed by atoms with Crippen LogP contribution in [0.2, 0.25) is 0 Å². The molecule has 0 radical (unpaired) electrons. The first kappa shape index (κ1) is 18.8. The molecule has 1 fully saturated rings. The van der Waals surface area contributed by atoms with Crippen molar-refractivity contribution in [3.8, 4) is 5.75 Å². The first-order chi connectivity index (χ1) is 13.0. The van der Waals surface area contributed by atoms with Gasteiger partial charge in [-0.3, -0.25) is 14.9 Å². The summed E-state index contributed by atoms with van der Waals surface area (Å²) in [4.78, 5) is 38.3. The Hall–Kier alpha value is -2.93. The van der Waals surface area contributed by atoms with E-state index in [0.717, 1.165) is 15.8 Å². The van der Waals surface area contributed by atoms with Crippen LogP contribution in [0, 0.1) is 0 Å². The van der Waals surface area contributed by atoms with Gasteiger partial charge in [0.15, 0.2) is 0 Å². The second-order valence-corrected chi connectivity index (χ2v) is 6.74. The van der Waals surface area contributed by atoms with Crippen molar-refractivity contribution in [3.05, 3.63) is 64.1 Å². The van der Waals surface area contributed by atoms with Crippen molar-refractivity contribution < 1.29 is 19.1 Å². The van der Waals surface area contributed by atoms with Gasteiger partial charge in [0.05, 0.1) is 12.3 Å². The van der Waals surface area contributed by atoms with Gasteiger partial charge >= 0.3 is 6.03 Å². The van der Waals surface area contributed by atoms with Gasteiger partial charge in [-0.2, -0.15) is 0 Å². The number of nitrogens with one attached hydrogen (secondary N) is 1. The van der Waals surface area contributed by atoms with E-state index in [0.29, 0.717) is 23.6 Å². The number of imide groups is 2. The van der Waals surface area contributed by atoms with Crippen LogP contribution in [0.1, 0.15) is 18.9 Å². The van der Waals surface area contributed by atoms with Crippen LogP contribution in [-0.2, 0) is 9.59 Å². The Balaban J connectivity index is 2.02. The number of hydrogen-bond acceptors (Lipinski definition) is 4. The molecule has 0 aliphatic carbocycles. The van der Waals surface area contributed by atoms with Crippen molar-refractivity contribution in [2.24, 2.45) is 0 Å². The van der Waals surface area contributed by atoms with Crippen LogP contribution in [0.4, 0.5) is 10.5 Å². The summed E-state index contributed by atoms with van der Waals surface area (Å²) in [7, 11) is 0. The topological polar surface area (TPSA) is 75.7 Å². The van der Waals surface area contributed by atoms with E-state index in [2.05, 4.69) is 21.2 Å². The summed E-state index contributed by atoms with van der Waals surface area (Å²) in [6, 6.07) is 13.0. The number of anilines is 1. The number of amides is 4. The highest BCUT2D eigenvalue weighted by Gasteiger charge is 2.36. The van der Waals surface area contributed by atoms with Crippen LogP contribution in [0.15, 0.2) is 58.6 Å². The molecule has 0 aromatic heterocycles. The molecule has 0 bridgehead atoms. The van der Waals surface area contributed by atoms with Gasteiger partial charge < -0.3 is 4.74 Å². The van der Waals surface area contributed by atoms with Gasteiger partial charge in [0, 0.05) is 10.0 Å². The number of carbonyl (C=O) groups excluding carboxylic acids is 3. The van der Waals surface area contributed by atoms with Crippen LogP contribution in [0.25, 0.3) is 6.08 Å². The van der Waals surface area contributed by atoms with E-state index in [1.807, 2.05) is 13.0 Å². The molecule has 1 N–H and O–H groups in total. The molecule has 1 aliphatic rings. The van der Waals surface area contributed by atoms with Gasteiger partial charge in [-0.05, 0) is 42.8 Å². The highest BCUT2D eigenvalue weighted by molar-refractivity contribution is 9.10. The zero-order valence-corrected chi connectivity index (χ0v) is 16.2. The zero-order valence-electron chi connectivity index (χ0n) is 14.6. The zero-order chi connectivity index (χ0) is 19.4. The smallest absolute Gasteiger partial charge is 0.335 e. The maximum atomic E-state index is 12.9. The molecule has 1 saturated heterocycles. The Morgan fingerprint density at radius 1 is 1.11 bits per heavy atom. The monoisotopic (exact) mass is 428 g/mol. The molecular weight excluding hydrogens is 412 g/mol. The summed E-state index contributed by atoms with van der Waals surface area (Å²) < 4.78 is 6.47. The van der Waals surface area contributed by atoms with Gasteiger partial charge in [0.1, 0.15) is 11.3 Å². The Kier molecular flexibility index (Phi) is 5.71. The average Bonchev–Trinajstić information content (AvgIpc) is 2.65. The highest BCUT2D eigenvalue weighted by atomic mass is 79.9. The lowest BCUT2D eigenvalue weighted by molar-refractivity contribution is -0.122. The second kappa shape index (κ2) is 8.18. The minimum Gasteiger partial charge on any atom is -0.493 e. The van der Waals surface area contributed by atoms with E-state index in [-0.39, 0.29) is 5.57 Å². The van der Waals surface area contributed by atoms with Crippen LogP contribution in [0.3, 0.4) is 0 Å². The molecule has 4 amide bonds. The van der Waals surface area contributed by atoms with Crippen LogP contribution >= 0.6 is 15.9 Å². The first-order valence-corrected chi connectivity index (χ1v) is 9.19. The molecule has 1 aliphatic heterocycles. The Morgan fingerprint density at radius 3 is 2.56 bits per heavy atom. The van der Waals surface area contributed by atoms with Gasteiger partial charge in [-0.25, -0.2) is 9.69 Å². The quantitative estimate of drug-likeness (QED) is 0.578. The normalized spacial score (nSPS) is 15.9. The molecule has 2 aromatic rings. The largest absolute Gasteiger partial charge is 0.493 e. The van der Waals surface area contributed by atoms with Crippen molar-refractivity contribution in [1.82, 2.24) is 5.32 Å². The average molecular weight is 429 g/mol. The third kappa shape index (κ3) is 4.09. The van der Waals surface area contributed by atoms with Crippen molar-refractivity contribution >= 4 is 45.5 Å². The molecule has 2 aromatic carbocycles. The van der Waals surface area contributed by atoms with Crippen molar-refractivity contribution in [3.63, 3.8) is 0 Å². The summed E-state index contributed by atoms with van der Waals surface area (Å²) in [6.45, 7) is 2.49. The second-order valence-electron chi connectivity index (χ2n) is 5.82. The predicted molar refractivity (Wildman–Crippen MR) is 105 cm³/mol. The van der Waals surface area contributed by atoms with Crippen molar-refractivity contribution in [1.29, 1.82) is 0 Å². The number of benzene rings is 2. The van der Waals surface area contributed by atoms with E-state index in [9.17, 15) is 14.4 Å². The van der Waals surface area contributed by atoms with Crippen LogP contribution < -0.4 is 15.0 Å². The fourth-order valence-electron chi connectivity index (χ4n) is 2.60. The minimum absolute atomic E-state index is 0.141. The first-order valence-electron chi connectivity index (χ1n) is 8.40. The molecule has 1 heterocycles. The lowest BCUT2D eigenvalue weighted by atomic mass is 10.1. The molecule has 138 valence electrons. The van der Waals surface area contributed by atoms with Crippen LogP contribution in [0.5, 0.6) is 5.75 Å². The number of hydrogen-bond donors (Lipinski definition) is 1. The molecule has 3 rings (SSSR count). The molecule has 0 unspecified atom stereocenters. The van der Waals surface area contributed by atoms with Crippen molar-refractivity contribution in [2.45, 2.75) is 13.3 Å². The number of rotatable bonds is 5. The van der Waals surface area contributed by atoms with Crippen molar-refractivity contribution in [2.75, 3.05) is 11.5 Å². The third-order valence-electron chi connectivity index (χ3n) is 3.85. The molecule has 27 heavy (non-hydrogen) atoms. The Bertz CT molecular complexity index is 925. The number of halogens is 1. The summed E-state index contributed by atoms with van der Waals surface area (Å²) >= 11 is 3.38.